The molecule has 31 heavy (non-hydrogen) atoms. The number of rotatable bonds is 13. The summed E-state index contributed by atoms with van der Waals surface area (Å²) in [6, 6.07) is 4.51. The van der Waals surface area contributed by atoms with Crippen LogP contribution in [0.2, 0.25) is 0 Å². The molecule has 0 saturated carbocycles. The van der Waals surface area contributed by atoms with E-state index in [-0.39, 0.29) is 37.2 Å². The molecule has 0 fully saturated rings. The van der Waals surface area contributed by atoms with Crippen molar-refractivity contribution < 1.29 is 43.7 Å². The van der Waals surface area contributed by atoms with E-state index in [1.54, 1.807) is 0 Å². The Labute approximate surface area is 175 Å². The molecule has 0 saturated heterocycles. The Morgan fingerprint density at radius 1 is 1.10 bits per heavy atom. The number of phenols is 1. The molecule has 0 aliphatic carbocycles. The molecule has 1 aromatic rings. The van der Waals surface area contributed by atoms with Crippen LogP contribution in [0.15, 0.2) is 24.3 Å². The van der Waals surface area contributed by atoms with Gasteiger partial charge in [-0.2, -0.15) is 0 Å². The minimum Gasteiger partial charge on any atom is -0.508 e. The van der Waals surface area contributed by atoms with Crippen LogP contribution < -0.4 is 16.0 Å². The SMILES string of the molecule is O=CN[C@H](CCCC(=O)O)NC(=O)C1=[O+]C1C(=O)N[C@@H](Cc1ccc(O)cc1)C(=O)O. The molecule has 6 N–H and O–H groups in total. The summed E-state index contributed by atoms with van der Waals surface area (Å²) in [5.74, 6) is -4.14. The second-order valence-corrected chi connectivity index (χ2v) is 6.73. The number of hydrogen-bond donors (Lipinski definition) is 6. The van der Waals surface area contributed by atoms with Crippen molar-refractivity contribution in [3.63, 3.8) is 0 Å². The third kappa shape index (κ3) is 7.42. The van der Waals surface area contributed by atoms with Gasteiger partial charge >= 0.3 is 35.6 Å². The number of amides is 3. The number of carboxylic acids is 2. The molecule has 0 radical (unpaired) electrons. The van der Waals surface area contributed by atoms with E-state index in [2.05, 4.69) is 16.0 Å². The van der Waals surface area contributed by atoms with E-state index >= 15 is 0 Å². The Morgan fingerprint density at radius 2 is 1.77 bits per heavy atom. The highest BCUT2D eigenvalue weighted by Crippen LogP contribution is 2.13. The Bertz CT molecular complexity index is 882. The average Bonchev–Trinajstić information content (AvgIpc) is 3.50. The van der Waals surface area contributed by atoms with Crippen molar-refractivity contribution in [3.8, 4) is 5.75 Å². The number of hydrogen-bond acceptors (Lipinski definition) is 6. The topological polar surface area (TPSA) is 193 Å². The minimum atomic E-state index is -1.29. The summed E-state index contributed by atoms with van der Waals surface area (Å²) in [4.78, 5) is 57.1. The van der Waals surface area contributed by atoms with Crippen molar-refractivity contribution >= 4 is 35.9 Å². The maximum absolute atomic E-state index is 12.3. The predicted molar refractivity (Wildman–Crippen MR) is 103 cm³/mol. The third-order valence-electron chi connectivity index (χ3n) is 4.34. The number of aromatic hydroxyl groups is 1. The van der Waals surface area contributed by atoms with Gasteiger partial charge in [-0.15, -0.1) is 0 Å². The smallest absolute Gasteiger partial charge is 0.494 e. The Kier molecular flexibility index (Phi) is 8.06. The van der Waals surface area contributed by atoms with Crippen LogP contribution in [0.5, 0.6) is 5.75 Å². The first-order valence-corrected chi connectivity index (χ1v) is 9.28. The molecular weight excluding hydrogens is 414 g/mol. The maximum Gasteiger partial charge on any atom is 0.494 e. The van der Waals surface area contributed by atoms with Crippen molar-refractivity contribution in [2.75, 3.05) is 0 Å². The molecule has 1 aliphatic rings. The first-order chi connectivity index (χ1) is 14.7. The lowest BCUT2D eigenvalue weighted by Crippen LogP contribution is -2.49. The normalized spacial score (nSPS) is 16.3. The predicted octanol–water partition coefficient (Wildman–Crippen LogP) is -1.57. The standard InChI is InChI=1S/C19H21N3O9/c23-9-20-13(2-1-3-14(25)26)22-18(28)16-15(31-16)17(27)21-12(19(29)30)8-10-4-6-11(24)7-5-10/h4-7,9,12-13,15H,1-3,8H2,(H5-,20,21,22,23,24,25,26,27,28,29,30)/p+1/t12-,13-,15?/m0/s1. The van der Waals surface area contributed by atoms with Crippen molar-refractivity contribution in [3.05, 3.63) is 29.8 Å². The largest absolute Gasteiger partial charge is 0.508 e. The molecule has 2 rings (SSSR count). The van der Waals surface area contributed by atoms with E-state index in [0.29, 0.717) is 12.0 Å². The van der Waals surface area contributed by atoms with Gasteiger partial charge in [0.15, 0.2) is 0 Å². The molecule has 1 aliphatic heterocycles. The summed E-state index contributed by atoms with van der Waals surface area (Å²) in [5.41, 5.74) is 0.563. The number of benzene rings is 1. The molecule has 1 unspecified atom stereocenters. The average molecular weight is 436 g/mol. The van der Waals surface area contributed by atoms with Crippen LogP contribution in [0.3, 0.4) is 0 Å². The molecule has 0 bridgehead atoms. The highest BCUT2D eigenvalue weighted by Gasteiger charge is 2.61. The van der Waals surface area contributed by atoms with E-state index in [4.69, 9.17) is 9.53 Å². The van der Waals surface area contributed by atoms with E-state index in [1.165, 1.54) is 24.3 Å². The summed E-state index contributed by atoms with van der Waals surface area (Å²) >= 11 is 0. The number of ketones is 1. The van der Waals surface area contributed by atoms with E-state index in [1.807, 2.05) is 0 Å². The number of nitrogens with one attached hydrogen (secondary N) is 3. The number of carbonyl (C=O) groups is 5. The third-order valence-corrected chi connectivity index (χ3v) is 4.34. The summed E-state index contributed by atoms with van der Waals surface area (Å²) in [5, 5.41) is 34.3. The zero-order chi connectivity index (χ0) is 23.0. The Hall–Kier alpha value is -3.96. The quantitative estimate of drug-likeness (QED) is 0.0702. The van der Waals surface area contributed by atoms with Gasteiger partial charge in [0.1, 0.15) is 18.0 Å². The lowest BCUT2D eigenvalue weighted by atomic mass is 10.1. The van der Waals surface area contributed by atoms with Crippen LogP contribution >= 0.6 is 0 Å². The van der Waals surface area contributed by atoms with Gasteiger partial charge in [-0.3, -0.25) is 19.2 Å². The number of aliphatic carboxylic acids is 2. The van der Waals surface area contributed by atoms with Crippen LogP contribution in [-0.2, 0) is 34.8 Å². The second-order valence-electron chi connectivity index (χ2n) is 6.73. The van der Waals surface area contributed by atoms with Crippen molar-refractivity contribution in [1.82, 2.24) is 16.0 Å². The minimum absolute atomic E-state index is 0.0154. The van der Waals surface area contributed by atoms with E-state index in [9.17, 15) is 34.2 Å². The van der Waals surface area contributed by atoms with Gasteiger partial charge < -0.3 is 31.3 Å². The molecule has 0 aromatic heterocycles. The van der Waals surface area contributed by atoms with Crippen LogP contribution in [0.25, 0.3) is 0 Å². The lowest BCUT2D eigenvalue weighted by Gasteiger charge is -2.15. The highest BCUT2D eigenvalue weighted by molar-refractivity contribution is 6.45. The van der Waals surface area contributed by atoms with Gasteiger partial charge in [0.2, 0.25) is 6.41 Å². The van der Waals surface area contributed by atoms with Crippen LogP contribution in [0, 0.1) is 0 Å². The van der Waals surface area contributed by atoms with Crippen LogP contribution in [0.1, 0.15) is 24.8 Å². The molecule has 1 heterocycles. The number of carbonyl (C=O) groups excluding carboxylic acids is 4. The number of phenolic OH excluding ortho intramolecular Hbond substituents is 1. The molecule has 3 atom stereocenters. The fraction of sp³-hybridized carbons (Fsp3) is 0.368. The maximum atomic E-state index is 12.3. The van der Waals surface area contributed by atoms with Crippen molar-refractivity contribution in [2.45, 2.75) is 44.0 Å². The molecule has 12 heteroatoms. The molecule has 12 nitrogen and oxygen atoms in total. The first-order valence-electron chi connectivity index (χ1n) is 9.28. The Morgan fingerprint density at radius 3 is 2.35 bits per heavy atom. The van der Waals surface area contributed by atoms with Crippen LogP contribution in [0.4, 0.5) is 0 Å². The summed E-state index contributed by atoms with van der Waals surface area (Å²) in [7, 11) is 0. The van der Waals surface area contributed by atoms with E-state index in [0.717, 1.165) is 0 Å². The zero-order valence-electron chi connectivity index (χ0n) is 16.2. The van der Waals surface area contributed by atoms with Gasteiger partial charge in [-0.1, -0.05) is 12.1 Å². The monoisotopic (exact) mass is 436 g/mol. The molecule has 3 amide bonds. The molecule has 1 aromatic carbocycles. The number of carboxylic acid groups (broad SMARTS) is 2. The van der Waals surface area contributed by atoms with Gasteiger partial charge in [-0.05, 0) is 30.5 Å². The van der Waals surface area contributed by atoms with Gasteiger partial charge in [0, 0.05) is 12.8 Å². The van der Waals surface area contributed by atoms with Gasteiger partial charge in [-0.25, -0.2) is 9.22 Å². The summed E-state index contributed by atoms with van der Waals surface area (Å²) < 4.78 is 4.97. The molecular formula is C19H22N3O9+. The zero-order valence-corrected chi connectivity index (χ0v) is 16.2. The van der Waals surface area contributed by atoms with Crippen molar-refractivity contribution in [2.24, 2.45) is 0 Å². The summed E-state index contributed by atoms with van der Waals surface area (Å²) in [6.45, 7) is 0. The lowest BCUT2D eigenvalue weighted by molar-refractivity contribution is -0.379. The van der Waals surface area contributed by atoms with Crippen molar-refractivity contribution in [1.29, 1.82) is 0 Å². The summed E-state index contributed by atoms with van der Waals surface area (Å²) in [6.07, 6.45) is -1.64. The Balaban J connectivity index is 1.87. The second kappa shape index (κ2) is 10.7. The highest BCUT2D eigenvalue weighted by atomic mass is 16.5. The fourth-order valence-electron chi connectivity index (χ4n) is 2.72. The van der Waals surface area contributed by atoms with E-state index < -0.39 is 42.1 Å². The molecule has 166 valence electrons. The fourth-order valence-corrected chi connectivity index (χ4v) is 2.72. The van der Waals surface area contributed by atoms with Gasteiger partial charge in [0.25, 0.3) is 0 Å². The van der Waals surface area contributed by atoms with Gasteiger partial charge in [0.05, 0.1) is 0 Å². The molecule has 0 spiro atoms. The van der Waals surface area contributed by atoms with Crippen LogP contribution in [-0.4, -0.2) is 69.6 Å². The first kappa shape index (κ1) is 23.3.